The lowest BCUT2D eigenvalue weighted by molar-refractivity contribution is 0.274. The minimum atomic E-state index is -0.501. The van der Waals surface area contributed by atoms with Crippen LogP contribution in [-0.2, 0) is 6.61 Å². The summed E-state index contributed by atoms with van der Waals surface area (Å²) in [5, 5.41) is 13.3. The molecular weight excluding hydrogens is 235 g/mol. The van der Waals surface area contributed by atoms with Crippen molar-refractivity contribution in [3.63, 3.8) is 0 Å². The Morgan fingerprint density at radius 3 is 2.83 bits per heavy atom. The van der Waals surface area contributed by atoms with E-state index in [1.54, 1.807) is 16.9 Å². The van der Waals surface area contributed by atoms with Crippen LogP contribution in [0.15, 0.2) is 30.6 Å². The Kier molecular flexibility index (Phi) is 3.62. The molecule has 0 unspecified atom stereocenters. The molecule has 1 heterocycles. The van der Waals surface area contributed by atoms with Gasteiger partial charge in [-0.1, -0.05) is 12.1 Å². The van der Waals surface area contributed by atoms with Gasteiger partial charge in [-0.2, -0.15) is 5.10 Å². The number of hydrogen-bond acceptors (Lipinski definition) is 3. The van der Waals surface area contributed by atoms with Crippen molar-refractivity contribution >= 4 is 0 Å². The Morgan fingerprint density at radius 2 is 2.22 bits per heavy atom. The number of hydrogen-bond donors (Lipinski definition) is 1. The normalized spacial score (nSPS) is 10.9. The van der Waals surface area contributed by atoms with E-state index >= 15 is 0 Å². The number of nitrogens with zero attached hydrogens (tertiary/aromatic N) is 2. The molecule has 2 aromatic rings. The Bertz CT molecular complexity index is 538. The molecule has 0 atom stereocenters. The highest BCUT2D eigenvalue weighted by Crippen LogP contribution is 2.28. The third-order valence-corrected chi connectivity index (χ3v) is 2.55. The second-order valence-electron chi connectivity index (χ2n) is 4.24. The lowest BCUT2D eigenvalue weighted by Gasteiger charge is -2.08. The summed E-state index contributed by atoms with van der Waals surface area (Å²) in [6.07, 6.45) is 3.21. The molecule has 0 saturated heterocycles. The largest absolute Gasteiger partial charge is 0.451 e. The van der Waals surface area contributed by atoms with Crippen LogP contribution in [0.25, 0.3) is 0 Å². The number of aliphatic hydroxyl groups is 1. The number of aliphatic hydroxyl groups excluding tert-OH is 1. The molecule has 0 aliphatic carbocycles. The summed E-state index contributed by atoms with van der Waals surface area (Å²) < 4.78 is 20.8. The standard InChI is InChI=1S/C13H15FN2O2/c1-9(2)16-7-11(6-15-16)18-13-10(8-17)4-3-5-12(13)14/h3-7,9,17H,8H2,1-2H3. The SMILES string of the molecule is CC(C)n1cc(Oc2c(F)cccc2CO)cn1. The summed E-state index contributed by atoms with van der Waals surface area (Å²) in [7, 11) is 0. The second-order valence-corrected chi connectivity index (χ2v) is 4.24. The van der Waals surface area contributed by atoms with E-state index in [0.29, 0.717) is 11.3 Å². The van der Waals surface area contributed by atoms with Gasteiger partial charge >= 0.3 is 0 Å². The van der Waals surface area contributed by atoms with Gasteiger partial charge in [0, 0.05) is 11.6 Å². The third kappa shape index (κ3) is 2.51. The van der Waals surface area contributed by atoms with Crippen molar-refractivity contribution in [2.45, 2.75) is 26.5 Å². The molecule has 0 fully saturated rings. The first-order valence-corrected chi connectivity index (χ1v) is 5.72. The van der Waals surface area contributed by atoms with Crippen LogP contribution in [0.3, 0.4) is 0 Å². The van der Waals surface area contributed by atoms with E-state index in [0.717, 1.165) is 0 Å². The zero-order chi connectivity index (χ0) is 13.1. The van der Waals surface area contributed by atoms with Crippen LogP contribution in [0.5, 0.6) is 11.5 Å². The molecule has 0 radical (unpaired) electrons. The monoisotopic (exact) mass is 250 g/mol. The molecular formula is C13H15FN2O2. The van der Waals surface area contributed by atoms with Crippen molar-refractivity contribution in [1.29, 1.82) is 0 Å². The summed E-state index contributed by atoms with van der Waals surface area (Å²) in [6.45, 7) is 3.70. The van der Waals surface area contributed by atoms with E-state index < -0.39 is 5.82 Å². The summed E-state index contributed by atoms with van der Waals surface area (Å²) in [4.78, 5) is 0. The fourth-order valence-electron chi connectivity index (χ4n) is 1.57. The Labute approximate surface area is 105 Å². The maximum atomic E-state index is 13.6. The van der Waals surface area contributed by atoms with E-state index in [1.165, 1.54) is 18.3 Å². The Morgan fingerprint density at radius 1 is 1.44 bits per heavy atom. The average molecular weight is 250 g/mol. The molecule has 18 heavy (non-hydrogen) atoms. The van der Waals surface area contributed by atoms with Crippen LogP contribution < -0.4 is 4.74 Å². The highest BCUT2D eigenvalue weighted by atomic mass is 19.1. The number of benzene rings is 1. The van der Waals surface area contributed by atoms with Crippen molar-refractivity contribution in [2.24, 2.45) is 0 Å². The van der Waals surface area contributed by atoms with Crippen molar-refractivity contribution in [1.82, 2.24) is 9.78 Å². The van der Waals surface area contributed by atoms with Crippen LogP contribution in [-0.4, -0.2) is 14.9 Å². The van der Waals surface area contributed by atoms with E-state index in [4.69, 9.17) is 9.84 Å². The average Bonchev–Trinajstić information content (AvgIpc) is 2.80. The molecule has 1 aromatic carbocycles. The molecule has 0 aliphatic rings. The first kappa shape index (κ1) is 12.6. The zero-order valence-electron chi connectivity index (χ0n) is 10.3. The predicted molar refractivity (Wildman–Crippen MR) is 65.0 cm³/mol. The summed E-state index contributed by atoms with van der Waals surface area (Å²) >= 11 is 0. The molecule has 0 spiro atoms. The number of rotatable bonds is 4. The molecule has 0 bridgehead atoms. The molecule has 5 heteroatoms. The van der Waals surface area contributed by atoms with Crippen molar-refractivity contribution in [2.75, 3.05) is 0 Å². The summed E-state index contributed by atoms with van der Waals surface area (Å²) in [6, 6.07) is 4.65. The van der Waals surface area contributed by atoms with Gasteiger partial charge < -0.3 is 9.84 Å². The van der Waals surface area contributed by atoms with Gasteiger partial charge in [0.05, 0.1) is 19.0 Å². The number of halogens is 1. The van der Waals surface area contributed by atoms with Crippen LogP contribution in [0.4, 0.5) is 4.39 Å². The maximum absolute atomic E-state index is 13.6. The van der Waals surface area contributed by atoms with Gasteiger partial charge in [0.15, 0.2) is 17.3 Å². The van der Waals surface area contributed by atoms with E-state index in [2.05, 4.69) is 5.10 Å². The smallest absolute Gasteiger partial charge is 0.168 e. The lowest BCUT2D eigenvalue weighted by Crippen LogP contribution is -1.99. The highest BCUT2D eigenvalue weighted by molar-refractivity contribution is 5.37. The van der Waals surface area contributed by atoms with Gasteiger partial charge in [-0.3, -0.25) is 4.68 Å². The minimum absolute atomic E-state index is 0.0447. The molecule has 0 saturated carbocycles. The summed E-state index contributed by atoms with van der Waals surface area (Å²) in [5.41, 5.74) is 0.410. The zero-order valence-corrected chi connectivity index (χ0v) is 10.3. The quantitative estimate of drug-likeness (QED) is 0.907. The van der Waals surface area contributed by atoms with Crippen LogP contribution >= 0.6 is 0 Å². The molecule has 0 aliphatic heterocycles. The van der Waals surface area contributed by atoms with Crippen molar-refractivity contribution in [3.05, 3.63) is 42.0 Å². The third-order valence-electron chi connectivity index (χ3n) is 2.55. The van der Waals surface area contributed by atoms with E-state index in [-0.39, 0.29) is 18.4 Å². The topological polar surface area (TPSA) is 47.3 Å². The van der Waals surface area contributed by atoms with E-state index in [9.17, 15) is 4.39 Å². The van der Waals surface area contributed by atoms with Gasteiger partial charge in [0.1, 0.15) is 0 Å². The first-order valence-electron chi connectivity index (χ1n) is 5.72. The number of ether oxygens (including phenoxy) is 1. The number of aromatic nitrogens is 2. The van der Waals surface area contributed by atoms with Crippen LogP contribution in [0.1, 0.15) is 25.5 Å². The Hall–Kier alpha value is -1.88. The van der Waals surface area contributed by atoms with Gasteiger partial charge in [0.2, 0.25) is 0 Å². The second kappa shape index (κ2) is 5.18. The number of para-hydroxylation sites is 1. The highest BCUT2D eigenvalue weighted by Gasteiger charge is 2.11. The van der Waals surface area contributed by atoms with Gasteiger partial charge in [0.25, 0.3) is 0 Å². The molecule has 0 amide bonds. The van der Waals surface area contributed by atoms with E-state index in [1.807, 2.05) is 13.8 Å². The molecule has 4 nitrogen and oxygen atoms in total. The fourth-order valence-corrected chi connectivity index (χ4v) is 1.57. The molecule has 1 aromatic heterocycles. The first-order chi connectivity index (χ1) is 8.61. The van der Waals surface area contributed by atoms with Gasteiger partial charge in [-0.25, -0.2) is 4.39 Å². The predicted octanol–water partition coefficient (Wildman–Crippen LogP) is 2.89. The fraction of sp³-hybridized carbons (Fsp3) is 0.308. The van der Waals surface area contributed by atoms with Gasteiger partial charge in [-0.05, 0) is 19.9 Å². The maximum Gasteiger partial charge on any atom is 0.168 e. The molecule has 2 rings (SSSR count). The van der Waals surface area contributed by atoms with Gasteiger partial charge in [-0.15, -0.1) is 0 Å². The summed E-state index contributed by atoms with van der Waals surface area (Å²) in [5.74, 6) is -0.00865. The minimum Gasteiger partial charge on any atom is -0.451 e. The van der Waals surface area contributed by atoms with Crippen LogP contribution in [0.2, 0.25) is 0 Å². The molecule has 96 valence electrons. The van der Waals surface area contributed by atoms with Crippen molar-refractivity contribution < 1.29 is 14.2 Å². The molecule has 1 N–H and O–H groups in total. The Balaban J connectivity index is 2.27. The van der Waals surface area contributed by atoms with Crippen molar-refractivity contribution in [3.8, 4) is 11.5 Å². The lowest BCUT2D eigenvalue weighted by atomic mass is 10.2. The van der Waals surface area contributed by atoms with Crippen LogP contribution in [0, 0.1) is 5.82 Å².